The predicted molar refractivity (Wildman–Crippen MR) is 65.0 cm³/mol. The van der Waals surface area contributed by atoms with Crippen molar-refractivity contribution in [3.05, 3.63) is 0 Å². The van der Waals surface area contributed by atoms with Crippen LogP contribution in [-0.2, 0) is 0 Å². The lowest BCUT2D eigenvalue weighted by Gasteiger charge is -2.39. The van der Waals surface area contributed by atoms with Gasteiger partial charge in [0.05, 0.1) is 5.60 Å². The van der Waals surface area contributed by atoms with Crippen molar-refractivity contribution in [2.45, 2.75) is 65.0 Å². The molecule has 1 saturated carbocycles. The van der Waals surface area contributed by atoms with Crippen LogP contribution in [0.4, 0.5) is 0 Å². The monoisotopic (exact) mass is 213 g/mol. The molecular weight excluding hydrogens is 186 g/mol. The molecule has 0 aliphatic heterocycles. The van der Waals surface area contributed by atoms with Gasteiger partial charge in [0.1, 0.15) is 0 Å². The zero-order valence-electron chi connectivity index (χ0n) is 11.0. The van der Waals surface area contributed by atoms with Gasteiger partial charge in [-0.3, -0.25) is 0 Å². The molecule has 90 valence electrons. The van der Waals surface area contributed by atoms with E-state index in [1.54, 1.807) is 0 Å². The third-order valence-electron chi connectivity index (χ3n) is 3.99. The molecule has 0 heterocycles. The third-order valence-corrected chi connectivity index (χ3v) is 3.99. The molecule has 1 aliphatic carbocycles. The second kappa shape index (κ2) is 4.42. The Hall–Kier alpha value is -0.0800. The molecule has 1 rings (SSSR count). The Morgan fingerprint density at radius 1 is 1.27 bits per heavy atom. The molecule has 1 fully saturated rings. The van der Waals surface area contributed by atoms with Gasteiger partial charge in [-0.15, -0.1) is 0 Å². The molecular formula is C13H27NO. The average Bonchev–Trinajstić information content (AvgIpc) is 2.48. The van der Waals surface area contributed by atoms with E-state index in [-0.39, 0.29) is 5.41 Å². The third kappa shape index (κ3) is 3.46. The number of hydrogen-bond donors (Lipinski definition) is 1. The maximum Gasteiger partial charge on any atom is 0.0774 e. The first kappa shape index (κ1) is 13.0. The molecule has 1 unspecified atom stereocenters. The van der Waals surface area contributed by atoms with Crippen LogP contribution in [-0.4, -0.2) is 35.2 Å². The fourth-order valence-corrected chi connectivity index (χ4v) is 2.45. The molecule has 0 radical (unpaired) electrons. The molecule has 0 aromatic heterocycles. The van der Waals surface area contributed by atoms with Crippen molar-refractivity contribution in [2.75, 3.05) is 13.6 Å². The Bertz CT molecular complexity index is 201. The van der Waals surface area contributed by atoms with Gasteiger partial charge in [-0.1, -0.05) is 33.6 Å². The predicted octanol–water partition coefficient (Wildman–Crippen LogP) is 2.66. The Labute approximate surface area is 94.7 Å². The Kier molecular flexibility index (Phi) is 3.83. The minimum absolute atomic E-state index is 0.281. The van der Waals surface area contributed by atoms with Crippen molar-refractivity contribution in [3.8, 4) is 0 Å². The minimum Gasteiger partial charge on any atom is -0.389 e. The minimum atomic E-state index is -0.408. The van der Waals surface area contributed by atoms with Gasteiger partial charge in [0.15, 0.2) is 0 Å². The molecule has 0 amide bonds. The summed E-state index contributed by atoms with van der Waals surface area (Å²) in [6, 6.07) is 0.502. The van der Waals surface area contributed by atoms with Crippen molar-refractivity contribution < 1.29 is 5.11 Å². The number of aliphatic hydroxyl groups is 1. The average molecular weight is 213 g/mol. The number of hydrogen-bond acceptors (Lipinski definition) is 2. The highest BCUT2D eigenvalue weighted by atomic mass is 16.3. The zero-order chi connectivity index (χ0) is 11.7. The normalized spacial score (nSPS) is 23.4. The van der Waals surface area contributed by atoms with Crippen LogP contribution in [0.5, 0.6) is 0 Å². The summed E-state index contributed by atoms with van der Waals surface area (Å²) in [7, 11) is 2.13. The van der Waals surface area contributed by atoms with Gasteiger partial charge >= 0.3 is 0 Å². The maximum absolute atomic E-state index is 10.3. The van der Waals surface area contributed by atoms with Gasteiger partial charge in [-0.05, 0) is 32.2 Å². The number of nitrogens with zero attached hydrogens (tertiary/aromatic N) is 1. The highest BCUT2D eigenvalue weighted by Gasteiger charge is 2.35. The van der Waals surface area contributed by atoms with Crippen LogP contribution in [0.1, 0.15) is 53.4 Å². The Balaban J connectivity index is 2.51. The molecule has 0 saturated heterocycles. The topological polar surface area (TPSA) is 23.5 Å². The Morgan fingerprint density at radius 3 is 2.13 bits per heavy atom. The van der Waals surface area contributed by atoms with Crippen LogP contribution in [0.2, 0.25) is 0 Å². The highest BCUT2D eigenvalue weighted by molar-refractivity contribution is 4.89. The van der Waals surface area contributed by atoms with E-state index in [0.29, 0.717) is 6.04 Å². The first-order valence-electron chi connectivity index (χ1n) is 6.17. The van der Waals surface area contributed by atoms with Crippen LogP contribution >= 0.6 is 0 Å². The molecule has 1 N–H and O–H groups in total. The van der Waals surface area contributed by atoms with E-state index in [4.69, 9.17) is 0 Å². The van der Waals surface area contributed by atoms with Gasteiger partial charge in [0.25, 0.3) is 0 Å². The summed E-state index contributed by atoms with van der Waals surface area (Å²) in [6.45, 7) is 9.84. The van der Waals surface area contributed by atoms with Crippen molar-refractivity contribution in [2.24, 2.45) is 5.41 Å². The maximum atomic E-state index is 10.3. The van der Waals surface area contributed by atoms with Crippen molar-refractivity contribution in [1.29, 1.82) is 0 Å². The van der Waals surface area contributed by atoms with Gasteiger partial charge in [0, 0.05) is 12.6 Å². The van der Waals surface area contributed by atoms with Crippen LogP contribution < -0.4 is 0 Å². The summed E-state index contributed by atoms with van der Waals surface area (Å²) >= 11 is 0. The summed E-state index contributed by atoms with van der Waals surface area (Å²) in [4.78, 5) is 2.31. The molecule has 2 nitrogen and oxygen atoms in total. The lowest BCUT2D eigenvalue weighted by atomic mass is 9.86. The van der Waals surface area contributed by atoms with Gasteiger partial charge in [0.2, 0.25) is 0 Å². The lowest BCUT2D eigenvalue weighted by molar-refractivity contribution is -0.00692. The molecule has 0 aromatic rings. The molecule has 0 spiro atoms. The van der Waals surface area contributed by atoms with E-state index in [9.17, 15) is 5.11 Å². The molecule has 2 heteroatoms. The van der Waals surface area contributed by atoms with E-state index in [2.05, 4.69) is 39.6 Å². The van der Waals surface area contributed by atoms with E-state index in [1.807, 2.05) is 0 Å². The van der Waals surface area contributed by atoms with Crippen LogP contribution in [0, 0.1) is 5.41 Å². The van der Waals surface area contributed by atoms with Crippen molar-refractivity contribution in [3.63, 3.8) is 0 Å². The summed E-state index contributed by atoms with van der Waals surface area (Å²) in [5.74, 6) is 0. The van der Waals surface area contributed by atoms with Crippen LogP contribution in [0.15, 0.2) is 0 Å². The van der Waals surface area contributed by atoms with Crippen molar-refractivity contribution in [1.82, 2.24) is 4.90 Å². The van der Waals surface area contributed by atoms with Gasteiger partial charge < -0.3 is 10.0 Å². The first-order valence-corrected chi connectivity index (χ1v) is 6.17. The first-order chi connectivity index (χ1) is 6.75. The smallest absolute Gasteiger partial charge is 0.0774 e. The van der Waals surface area contributed by atoms with Crippen LogP contribution in [0.3, 0.4) is 0 Å². The summed E-state index contributed by atoms with van der Waals surface area (Å²) in [6.07, 6.45) is 4.34. The van der Waals surface area contributed by atoms with E-state index in [1.165, 1.54) is 12.8 Å². The Morgan fingerprint density at radius 2 is 1.73 bits per heavy atom. The second-order valence-electron chi connectivity index (χ2n) is 6.39. The molecule has 1 aliphatic rings. The molecule has 1 atom stereocenters. The molecule has 0 bridgehead atoms. The van der Waals surface area contributed by atoms with Crippen molar-refractivity contribution >= 4 is 0 Å². The highest BCUT2D eigenvalue weighted by Crippen LogP contribution is 2.32. The summed E-state index contributed by atoms with van der Waals surface area (Å²) in [5, 5.41) is 10.3. The number of rotatable bonds is 3. The number of likely N-dealkylation sites (N-methyl/N-ethyl adjacent to an activating group) is 1. The molecule has 0 aromatic carbocycles. The quantitative estimate of drug-likeness (QED) is 0.779. The van der Waals surface area contributed by atoms with Gasteiger partial charge in [-0.25, -0.2) is 0 Å². The molecule has 15 heavy (non-hydrogen) atoms. The van der Waals surface area contributed by atoms with E-state index in [0.717, 1.165) is 19.4 Å². The summed E-state index contributed by atoms with van der Waals surface area (Å²) in [5.41, 5.74) is -0.127. The fraction of sp³-hybridized carbons (Fsp3) is 1.00. The second-order valence-corrected chi connectivity index (χ2v) is 6.39. The standard InChI is InChI=1S/C13H27NO/c1-11(12(2,3)4)14(5)10-13(15)8-6-7-9-13/h11,15H,6-10H2,1-5H3. The zero-order valence-corrected chi connectivity index (χ0v) is 11.0. The lowest BCUT2D eigenvalue weighted by Crippen LogP contribution is -2.47. The SMILES string of the molecule is CC(N(C)CC1(O)CCCC1)C(C)(C)C. The summed E-state index contributed by atoms with van der Waals surface area (Å²) < 4.78 is 0. The fourth-order valence-electron chi connectivity index (χ4n) is 2.45. The largest absolute Gasteiger partial charge is 0.389 e. The van der Waals surface area contributed by atoms with E-state index < -0.39 is 5.60 Å². The van der Waals surface area contributed by atoms with E-state index >= 15 is 0 Å². The van der Waals surface area contributed by atoms with Crippen LogP contribution in [0.25, 0.3) is 0 Å². The van der Waals surface area contributed by atoms with Gasteiger partial charge in [-0.2, -0.15) is 0 Å².